The van der Waals surface area contributed by atoms with E-state index in [9.17, 15) is 18.0 Å². The Balaban J connectivity index is 1.73. The zero-order valence-corrected chi connectivity index (χ0v) is 19.8. The molecule has 0 aromatic heterocycles. The maximum Gasteiger partial charge on any atom is 0.237 e. The molecule has 2 heterocycles. The summed E-state index contributed by atoms with van der Waals surface area (Å²) in [7, 11) is -3.48. The van der Waals surface area contributed by atoms with Crippen LogP contribution in [0.25, 0.3) is 0 Å². The van der Waals surface area contributed by atoms with Crippen LogP contribution < -0.4 is 9.46 Å². The Kier molecular flexibility index (Phi) is 8.37. The van der Waals surface area contributed by atoms with Gasteiger partial charge in [0.1, 0.15) is 5.75 Å². The van der Waals surface area contributed by atoms with Gasteiger partial charge in [-0.2, -0.15) is 0 Å². The molecule has 11 heteroatoms. The number of halogens is 1. The molecule has 9 nitrogen and oxygen atoms in total. The highest BCUT2D eigenvalue weighted by atomic mass is 35.5. The molecule has 2 aliphatic heterocycles. The lowest BCUT2D eigenvalue weighted by Crippen LogP contribution is -2.53. The maximum atomic E-state index is 13.1. The van der Waals surface area contributed by atoms with Crippen molar-refractivity contribution in [3.63, 3.8) is 0 Å². The lowest BCUT2D eigenvalue weighted by molar-refractivity contribution is -0.143. The maximum absolute atomic E-state index is 13.1. The van der Waals surface area contributed by atoms with E-state index in [4.69, 9.17) is 21.1 Å². The van der Waals surface area contributed by atoms with Crippen LogP contribution in [0.3, 0.4) is 0 Å². The van der Waals surface area contributed by atoms with Gasteiger partial charge in [0.05, 0.1) is 32.6 Å². The fourth-order valence-electron chi connectivity index (χ4n) is 4.08. The number of hydrogen-bond donors (Lipinski definition) is 1. The van der Waals surface area contributed by atoms with E-state index in [1.807, 2.05) is 0 Å². The number of morpholine rings is 1. The molecule has 0 bridgehead atoms. The fraction of sp³-hybridized carbons (Fsp3) is 0.619. The molecule has 0 saturated carbocycles. The summed E-state index contributed by atoms with van der Waals surface area (Å²) in [6, 6.07) is 7.05. The lowest BCUT2D eigenvalue weighted by atomic mass is 9.77. The number of benzene rings is 1. The van der Waals surface area contributed by atoms with Gasteiger partial charge in [0, 0.05) is 43.0 Å². The number of nitrogens with one attached hydrogen (secondary N) is 1. The molecule has 2 fully saturated rings. The molecule has 32 heavy (non-hydrogen) atoms. The first-order valence-electron chi connectivity index (χ1n) is 10.6. The van der Waals surface area contributed by atoms with Gasteiger partial charge in [-0.05, 0) is 31.0 Å². The first-order valence-corrected chi connectivity index (χ1v) is 12.9. The summed E-state index contributed by atoms with van der Waals surface area (Å²) < 4.78 is 36.4. The summed E-state index contributed by atoms with van der Waals surface area (Å²) in [5, 5.41) is 0.549. The molecule has 1 N–H and O–H groups in total. The first kappa shape index (κ1) is 24.8. The first-order chi connectivity index (χ1) is 15.2. The molecule has 0 radical (unpaired) electrons. The molecule has 2 aliphatic rings. The van der Waals surface area contributed by atoms with E-state index >= 15 is 0 Å². The van der Waals surface area contributed by atoms with Crippen LogP contribution in [0.5, 0.6) is 5.75 Å². The Bertz CT molecular complexity index is 922. The van der Waals surface area contributed by atoms with Gasteiger partial charge in [0.15, 0.2) is 0 Å². The second kappa shape index (κ2) is 10.8. The lowest BCUT2D eigenvalue weighted by Gasteiger charge is -2.43. The van der Waals surface area contributed by atoms with Crippen molar-refractivity contribution in [2.75, 3.05) is 58.8 Å². The normalized spacial score (nSPS) is 21.9. The van der Waals surface area contributed by atoms with Crippen molar-refractivity contribution >= 4 is 33.4 Å². The van der Waals surface area contributed by atoms with E-state index in [-0.39, 0.29) is 31.4 Å². The quantitative estimate of drug-likeness (QED) is 0.589. The van der Waals surface area contributed by atoms with Crippen LogP contribution in [0.15, 0.2) is 24.3 Å². The average Bonchev–Trinajstić information content (AvgIpc) is 2.76. The van der Waals surface area contributed by atoms with Gasteiger partial charge in [-0.1, -0.05) is 17.7 Å². The summed E-state index contributed by atoms with van der Waals surface area (Å²) >= 11 is 6.06. The van der Waals surface area contributed by atoms with Crippen LogP contribution in [0.2, 0.25) is 5.02 Å². The van der Waals surface area contributed by atoms with E-state index in [1.165, 1.54) is 0 Å². The van der Waals surface area contributed by atoms with Gasteiger partial charge in [-0.25, -0.2) is 13.1 Å². The molecule has 3 rings (SSSR count). The van der Waals surface area contributed by atoms with Crippen molar-refractivity contribution < 1.29 is 27.5 Å². The Labute approximate surface area is 194 Å². The molecular weight excluding hydrogens is 458 g/mol. The van der Waals surface area contributed by atoms with Gasteiger partial charge in [-0.3, -0.25) is 9.59 Å². The van der Waals surface area contributed by atoms with Crippen LogP contribution in [-0.4, -0.2) is 88.8 Å². The third-order valence-corrected chi connectivity index (χ3v) is 6.63. The van der Waals surface area contributed by atoms with Gasteiger partial charge >= 0.3 is 0 Å². The minimum absolute atomic E-state index is 0.00607. The van der Waals surface area contributed by atoms with Crippen LogP contribution in [0, 0.1) is 5.41 Å². The Morgan fingerprint density at radius 2 is 1.94 bits per heavy atom. The third kappa shape index (κ3) is 7.33. The van der Waals surface area contributed by atoms with Gasteiger partial charge in [-0.15, -0.1) is 0 Å². The largest absolute Gasteiger partial charge is 0.493 e. The molecule has 1 aromatic carbocycles. The van der Waals surface area contributed by atoms with Crippen LogP contribution in [-0.2, 0) is 24.3 Å². The smallest absolute Gasteiger partial charge is 0.237 e. The van der Waals surface area contributed by atoms with Gasteiger partial charge in [0.25, 0.3) is 0 Å². The van der Waals surface area contributed by atoms with Crippen molar-refractivity contribution in [1.29, 1.82) is 0 Å². The molecule has 0 aliphatic carbocycles. The molecular formula is C21H30ClN3O6S. The number of piperidine rings is 1. The van der Waals surface area contributed by atoms with Crippen molar-refractivity contribution in [1.82, 2.24) is 14.5 Å². The summed E-state index contributed by atoms with van der Waals surface area (Å²) in [4.78, 5) is 29.1. The number of carbonyl (C=O) groups excluding carboxylic acids is 2. The molecule has 2 saturated heterocycles. The Hall–Kier alpha value is -1.88. The second-order valence-electron chi connectivity index (χ2n) is 8.43. The summed E-state index contributed by atoms with van der Waals surface area (Å²) in [6.45, 7) is 2.88. The zero-order valence-electron chi connectivity index (χ0n) is 18.2. The van der Waals surface area contributed by atoms with Crippen molar-refractivity contribution in [2.45, 2.75) is 19.3 Å². The molecule has 1 atom stereocenters. The van der Waals surface area contributed by atoms with Crippen molar-refractivity contribution in [3.8, 4) is 5.75 Å². The standard InChI is InChI=1S/C21H30ClN3O6S/c1-32(28,29)23-14-20(27)25-7-3-6-21(15-25,13-19(26)24-8-10-30-11-9-24)16-31-18-5-2-4-17(22)12-18/h2,4-5,12,23H,3,6-11,13-16H2,1H3/t21-/m0/s1. The van der Waals surface area contributed by atoms with Crippen LogP contribution in [0.4, 0.5) is 0 Å². The number of likely N-dealkylation sites (tertiary alicyclic amines) is 1. The predicted octanol–water partition coefficient (Wildman–Crippen LogP) is 1.13. The number of rotatable bonds is 8. The third-order valence-electron chi connectivity index (χ3n) is 5.73. The number of ether oxygens (including phenoxy) is 2. The van der Waals surface area contributed by atoms with E-state index in [0.717, 1.165) is 6.26 Å². The average molecular weight is 488 g/mol. The minimum atomic E-state index is -3.48. The van der Waals surface area contributed by atoms with Gasteiger partial charge in [0.2, 0.25) is 21.8 Å². The summed E-state index contributed by atoms with van der Waals surface area (Å²) in [5.41, 5.74) is -0.587. The molecule has 2 amide bonds. The molecule has 1 aromatic rings. The van der Waals surface area contributed by atoms with Crippen molar-refractivity contribution in [2.24, 2.45) is 5.41 Å². The second-order valence-corrected chi connectivity index (χ2v) is 10.7. The fourth-order valence-corrected chi connectivity index (χ4v) is 4.64. The highest BCUT2D eigenvalue weighted by Gasteiger charge is 2.41. The van der Waals surface area contributed by atoms with E-state index in [0.29, 0.717) is 63.0 Å². The van der Waals surface area contributed by atoms with Crippen LogP contribution in [0.1, 0.15) is 19.3 Å². The summed E-state index contributed by atoms with van der Waals surface area (Å²) in [6.07, 6.45) is 2.66. The SMILES string of the molecule is CS(=O)(=O)NCC(=O)N1CCC[C@](COc2cccc(Cl)c2)(CC(=O)N2CCOCC2)C1. The van der Waals surface area contributed by atoms with E-state index < -0.39 is 15.4 Å². The Morgan fingerprint density at radius 3 is 2.62 bits per heavy atom. The monoisotopic (exact) mass is 487 g/mol. The number of sulfonamides is 1. The van der Waals surface area contributed by atoms with E-state index in [1.54, 1.807) is 34.1 Å². The zero-order chi connectivity index (χ0) is 23.2. The number of amides is 2. The number of nitrogens with zero attached hydrogens (tertiary/aromatic N) is 2. The van der Waals surface area contributed by atoms with Crippen molar-refractivity contribution in [3.05, 3.63) is 29.3 Å². The number of hydrogen-bond acceptors (Lipinski definition) is 6. The number of carbonyl (C=O) groups is 2. The Morgan fingerprint density at radius 1 is 1.19 bits per heavy atom. The van der Waals surface area contributed by atoms with Crippen LogP contribution >= 0.6 is 11.6 Å². The van der Waals surface area contributed by atoms with Gasteiger partial charge < -0.3 is 19.3 Å². The molecule has 0 unspecified atom stereocenters. The minimum Gasteiger partial charge on any atom is -0.493 e. The summed E-state index contributed by atoms with van der Waals surface area (Å²) in [5.74, 6) is 0.283. The van der Waals surface area contributed by atoms with E-state index in [2.05, 4.69) is 4.72 Å². The topological polar surface area (TPSA) is 105 Å². The molecule has 178 valence electrons. The predicted molar refractivity (Wildman–Crippen MR) is 120 cm³/mol. The highest BCUT2D eigenvalue weighted by Crippen LogP contribution is 2.35. The highest BCUT2D eigenvalue weighted by molar-refractivity contribution is 7.88. The molecule has 0 spiro atoms.